The summed E-state index contributed by atoms with van der Waals surface area (Å²) in [4.78, 5) is 11.7. The summed E-state index contributed by atoms with van der Waals surface area (Å²) in [6, 6.07) is 8.14. The van der Waals surface area contributed by atoms with E-state index < -0.39 is 0 Å². The highest BCUT2D eigenvalue weighted by molar-refractivity contribution is 5.79. The van der Waals surface area contributed by atoms with Gasteiger partial charge in [0.25, 0.3) is 0 Å². The quantitative estimate of drug-likeness (QED) is 0.363. The van der Waals surface area contributed by atoms with Gasteiger partial charge < -0.3 is 19.8 Å². The summed E-state index contributed by atoms with van der Waals surface area (Å²) in [5, 5.41) is 6.70. The predicted molar refractivity (Wildman–Crippen MR) is 125 cm³/mol. The minimum atomic E-state index is 0.603. The molecule has 1 aliphatic heterocycles. The first-order chi connectivity index (χ1) is 15.0. The fourth-order valence-electron chi connectivity index (χ4n) is 3.66. The molecule has 2 aromatic rings. The Morgan fingerprint density at radius 3 is 2.55 bits per heavy atom. The van der Waals surface area contributed by atoms with E-state index in [-0.39, 0.29) is 0 Å². The summed E-state index contributed by atoms with van der Waals surface area (Å²) in [5.74, 6) is 4.13. The van der Waals surface area contributed by atoms with Gasteiger partial charge in [-0.05, 0) is 71.7 Å². The van der Waals surface area contributed by atoms with Crippen molar-refractivity contribution in [2.45, 2.75) is 47.1 Å². The Kier molecular flexibility index (Phi) is 8.76. The van der Waals surface area contributed by atoms with Crippen molar-refractivity contribution in [2.24, 2.45) is 10.9 Å². The van der Waals surface area contributed by atoms with Crippen molar-refractivity contribution in [1.82, 2.24) is 20.5 Å². The van der Waals surface area contributed by atoms with Crippen LogP contribution in [0.25, 0.3) is 0 Å². The van der Waals surface area contributed by atoms with Gasteiger partial charge in [0.2, 0.25) is 5.89 Å². The second-order valence-corrected chi connectivity index (χ2v) is 8.28. The number of piperidine rings is 1. The molecule has 0 amide bonds. The van der Waals surface area contributed by atoms with E-state index in [2.05, 4.69) is 46.5 Å². The molecule has 0 spiro atoms. The topological polar surface area (TPSA) is 74.9 Å². The third-order valence-electron chi connectivity index (χ3n) is 5.67. The standard InChI is InChI=1S/C24H37N5O2/c1-5-25-24(26-12-15-30-22-8-6-18(2)7-9-22)27-16-21-10-13-29(14-11-21)17-23-28-19(3)20(4)31-23/h6-9,21H,5,10-17H2,1-4H3,(H2,25,26,27). The van der Waals surface area contributed by atoms with Crippen LogP contribution in [0, 0.1) is 26.7 Å². The summed E-state index contributed by atoms with van der Waals surface area (Å²) in [5.41, 5.74) is 2.23. The Balaban J connectivity index is 1.37. The Bertz CT molecular complexity index is 803. The van der Waals surface area contributed by atoms with Crippen molar-refractivity contribution in [3.63, 3.8) is 0 Å². The Morgan fingerprint density at radius 1 is 1.16 bits per heavy atom. The largest absolute Gasteiger partial charge is 0.492 e. The second kappa shape index (κ2) is 11.7. The molecule has 0 unspecified atom stereocenters. The van der Waals surface area contributed by atoms with Gasteiger partial charge in [0.05, 0.1) is 18.8 Å². The van der Waals surface area contributed by atoms with Gasteiger partial charge in [-0.25, -0.2) is 4.98 Å². The molecule has 1 aromatic carbocycles. The number of aromatic nitrogens is 1. The van der Waals surface area contributed by atoms with E-state index in [1.807, 2.05) is 26.0 Å². The highest BCUT2D eigenvalue weighted by Gasteiger charge is 2.20. The number of hydrogen-bond acceptors (Lipinski definition) is 5. The van der Waals surface area contributed by atoms with Crippen LogP contribution < -0.4 is 15.4 Å². The number of benzene rings is 1. The second-order valence-electron chi connectivity index (χ2n) is 8.28. The Morgan fingerprint density at radius 2 is 1.90 bits per heavy atom. The van der Waals surface area contributed by atoms with E-state index in [4.69, 9.17) is 14.1 Å². The summed E-state index contributed by atoms with van der Waals surface area (Å²) < 4.78 is 11.5. The summed E-state index contributed by atoms with van der Waals surface area (Å²) in [6.45, 7) is 14.1. The van der Waals surface area contributed by atoms with Gasteiger partial charge in [-0.1, -0.05) is 17.7 Å². The van der Waals surface area contributed by atoms with Crippen molar-refractivity contribution in [3.05, 3.63) is 47.2 Å². The van der Waals surface area contributed by atoms with E-state index in [0.717, 1.165) is 74.6 Å². The van der Waals surface area contributed by atoms with Crippen LogP contribution in [-0.4, -0.2) is 55.2 Å². The van der Waals surface area contributed by atoms with Crippen LogP contribution in [0.5, 0.6) is 5.75 Å². The molecule has 1 saturated heterocycles. The zero-order chi connectivity index (χ0) is 22.1. The number of guanidine groups is 1. The van der Waals surface area contributed by atoms with Gasteiger partial charge in [0, 0.05) is 13.1 Å². The monoisotopic (exact) mass is 427 g/mol. The average Bonchev–Trinajstić information content (AvgIpc) is 3.08. The number of ether oxygens (including phenoxy) is 1. The highest BCUT2D eigenvalue weighted by atomic mass is 16.5. The molecule has 1 aromatic heterocycles. The number of likely N-dealkylation sites (tertiary alicyclic amines) is 1. The molecule has 0 saturated carbocycles. The van der Waals surface area contributed by atoms with Crippen molar-refractivity contribution in [2.75, 3.05) is 39.3 Å². The van der Waals surface area contributed by atoms with Crippen LogP contribution in [0.15, 0.2) is 33.7 Å². The summed E-state index contributed by atoms with van der Waals surface area (Å²) in [6.07, 6.45) is 2.30. The van der Waals surface area contributed by atoms with Gasteiger partial charge in [-0.2, -0.15) is 0 Å². The third-order valence-corrected chi connectivity index (χ3v) is 5.67. The van der Waals surface area contributed by atoms with E-state index >= 15 is 0 Å². The average molecular weight is 428 g/mol. The molecule has 2 heterocycles. The van der Waals surface area contributed by atoms with E-state index in [1.165, 1.54) is 5.56 Å². The third kappa shape index (κ3) is 7.58. The molecule has 0 bridgehead atoms. The van der Waals surface area contributed by atoms with Gasteiger partial charge in [0.1, 0.15) is 18.1 Å². The minimum absolute atomic E-state index is 0.603. The number of aryl methyl sites for hydroxylation is 3. The molecule has 170 valence electrons. The highest BCUT2D eigenvalue weighted by Crippen LogP contribution is 2.20. The first kappa shape index (κ1) is 23.1. The lowest BCUT2D eigenvalue weighted by Gasteiger charge is -2.30. The van der Waals surface area contributed by atoms with Crippen molar-refractivity contribution in [1.29, 1.82) is 0 Å². The first-order valence-electron chi connectivity index (χ1n) is 11.4. The number of rotatable bonds is 9. The molecule has 0 atom stereocenters. The van der Waals surface area contributed by atoms with Gasteiger partial charge in [-0.15, -0.1) is 0 Å². The van der Waals surface area contributed by atoms with Gasteiger partial charge in [-0.3, -0.25) is 9.89 Å². The van der Waals surface area contributed by atoms with Gasteiger partial charge in [0.15, 0.2) is 5.96 Å². The lowest BCUT2D eigenvalue weighted by molar-refractivity contribution is 0.166. The predicted octanol–water partition coefficient (Wildman–Crippen LogP) is 3.45. The molecular weight excluding hydrogens is 390 g/mol. The lowest BCUT2D eigenvalue weighted by Crippen LogP contribution is -2.40. The van der Waals surface area contributed by atoms with Crippen LogP contribution in [0.4, 0.5) is 0 Å². The number of oxazole rings is 1. The molecule has 3 rings (SSSR count). The lowest BCUT2D eigenvalue weighted by atomic mass is 9.97. The molecule has 0 radical (unpaired) electrons. The van der Waals surface area contributed by atoms with Gasteiger partial charge >= 0.3 is 0 Å². The molecule has 0 aliphatic carbocycles. The van der Waals surface area contributed by atoms with Crippen molar-refractivity contribution >= 4 is 5.96 Å². The maximum Gasteiger partial charge on any atom is 0.208 e. The van der Waals surface area contributed by atoms with Crippen molar-refractivity contribution < 1.29 is 9.15 Å². The molecule has 7 heteroatoms. The van der Waals surface area contributed by atoms with Crippen LogP contribution >= 0.6 is 0 Å². The van der Waals surface area contributed by atoms with E-state index in [9.17, 15) is 0 Å². The molecule has 2 N–H and O–H groups in total. The zero-order valence-corrected chi connectivity index (χ0v) is 19.4. The zero-order valence-electron chi connectivity index (χ0n) is 19.4. The number of nitrogens with zero attached hydrogens (tertiary/aromatic N) is 3. The molecular formula is C24H37N5O2. The molecule has 31 heavy (non-hydrogen) atoms. The molecule has 1 fully saturated rings. The smallest absolute Gasteiger partial charge is 0.208 e. The molecule has 1 aliphatic rings. The minimum Gasteiger partial charge on any atom is -0.492 e. The van der Waals surface area contributed by atoms with Crippen LogP contribution in [0.1, 0.15) is 42.7 Å². The molecule has 7 nitrogen and oxygen atoms in total. The maximum atomic E-state index is 5.79. The van der Waals surface area contributed by atoms with Crippen LogP contribution in [-0.2, 0) is 6.54 Å². The number of hydrogen-bond donors (Lipinski definition) is 2. The van der Waals surface area contributed by atoms with Crippen molar-refractivity contribution in [3.8, 4) is 5.75 Å². The number of aliphatic imine (C=N–C) groups is 1. The number of nitrogens with one attached hydrogen (secondary N) is 2. The van der Waals surface area contributed by atoms with E-state index in [0.29, 0.717) is 19.1 Å². The first-order valence-corrected chi connectivity index (χ1v) is 11.4. The van der Waals surface area contributed by atoms with Crippen LogP contribution in [0.2, 0.25) is 0 Å². The maximum absolute atomic E-state index is 5.79. The summed E-state index contributed by atoms with van der Waals surface area (Å²) in [7, 11) is 0. The van der Waals surface area contributed by atoms with Crippen LogP contribution in [0.3, 0.4) is 0 Å². The van der Waals surface area contributed by atoms with E-state index in [1.54, 1.807) is 0 Å². The normalized spacial score (nSPS) is 15.8. The summed E-state index contributed by atoms with van der Waals surface area (Å²) >= 11 is 0. The fourth-order valence-corrected chi connectivity index (χ4v) is 3.66. The SMILES string of the molecule is CCNC(=NCC1CCN(Cc2nc(C)c(C)o2)CC1)NCCOc1ccc(C)cc1. The Hall–Kier alpha value is -2.54. The fraction of sp³-hybridized carbons (Fsp3) is 0.583. The Labute approximate surface area is 186 Å².